The van der Waals surface area contributed by atoms with E-state index < -0.39 is 5.54 Å². The number of urea groups is 1. The number of nitrogens with one attached hydrogen (secondary N) is 3. The summed E-state index contributed by atoms with van der Waals surface area (Å²) in [6, 6.07) is 18.7. The molecule has 0 spiro atoms. The van der Waals surface area contributed by atoms with E-state index in [1.165, 1.54) is 4.90 Å². The van der Waals surface area contributed by atoms with Crippen molar-refractivity contribution in [2.45, 2.75) is 77.3 Å². The van der Waals surface area contributed by atoms with Gasteiger partial charge >= 0.3 is 6.03 Å². The maximum Gasteiger partial charge on any atom is 0.315 e. The van der Waals surface area contributed by atoms with Gasteiger partial charge in [0.25, 0.3) is 0 Å². The zero-order valence-corrected chi connectivity index (χ0v) is 26.3. The number of amides is 4. The summed E-state index contributed by atoms with van der Waals surface area (Å²) in [7, 11) is 1.35. The van der Waals surface area contributed by atoms with Gasteiger partial charge in [0.05, 0.1) is 12.6 Å². The van der Waals surface area contributed by atoms with Crippen LogP contribution in [0, 0.1) is 5.92 Å². The number of para-hydroxylation sites is 1. The van der Waals surface area contributed by atoms with Gasteiger partial charge in [0.2, 0.25) is 11.8 Å². The van der Waals surface area contributed by atoms with E-state index in [0.717, 1.165) is 12.0 Å². The van der Waals surface area contributed by atoms with Crippen LogP contribution in [0.3, 0.4) is 0 Å². The third-order valence-corrected chi connectivity index (χ3v) is 7.41. The van der Waals surface area contributed by atoms with Gasteiger partial charge in [0.1, 0.15) is 11.8 Å². The number of nitrogens with zero attached hydrogens (tertiary/aromatic N) is 1. The van der Waals surface area contributed by atoms with Crippen molar-refractivity contribution in [2.24, 2.45) is 5.92 Å². The van der Waals surface area contributed by atoms with E-state index in [4.69, 9.17) is 4.74 Å². The molecule has 9 nitrogen and oxygen atoms in total. The quantitative estimate of drug-likeness (QED) is 0.135. The number of carbonyl (C=O) groups excluding carboxylic acids is 3. The molecule has 0 saturated heterocycles. The van der Waals surface area contributed by atoms with Crippen molar-refractivity contribution in [2.75, 3.05) is 31.9 Å². The first-order valence-electron chi connectivity index (χ1n) is 14.7. The molecule has 0 aliphatic heterocycles. The first-order valence-corrected chi connectivity index (χ1v) is 15.7. The molecular formula is C32H47N4O5P. The predicted octanol–water partition coefficient (Wildman–Crippen LogP) is 6.02. The normalized spacial score (nSPS) is 13.3. The van der Waals surface area contributed by atoms with Gasteiger partial charge in [0, 0.05) is 25.8 Å². The van der Waals surface area contributed by atoms with Crippen LogP contribution in [0.5, 0.6) is 0 Å². The lowest BCUT2D eigenvalue weighted by molar-refractivity contribution is -0.146. The molecule has 0 aromatic heterocycles. The van der Waals surface area contributed by atoms with Crippen LogP contribution in [0.2, 0.25) is 0 Å². The minimum atomic E-state index is -1.21. The van der Waals surface area contributed by atoms with Crippen molar-refractivity contribution in [1.82, 2.24) is 15.5 Å². The fraction of sp³-hybridized carbons (Fsp3) is 0.531. The number of ether oxygens (including phenoxy) is 1. The Morgan fingerprint density at radius 1 is 0.952 bits per heavy atom. The number of unbranched alkanes of at least 4 members (excludes halogenated alkanes) is 1. The molecule has 0 bridgehead atoms. The maximum atomic E-state index is 14.1. The third-order valence-electron chi connectivity index (χ3n) is 7.01. The van der Waals surface area contributed by atoms with Gasteiger partial charge in [-0.2, -0.15) is 0 Å². The third kappa shape index (κ3) is 11.9. The summed E-state index contributed by atoms with van der Waals surface area (Å²) in [5.41, 5.74) is 0.568. The van der Waals surface area contributed by atoms with Crippen molar-refractivity contribution in [1.29, 1.82) is 0 Å². The van der Waals surface area contributed by atoms with Crippen molar-refractivity contribution in [3.63, 3.8) is 0 Å². The fourth-order valence-electron chi connectivity index (χ4n) is 5.17. The van der Waals surface area contributed by atoms with Gasteiger partial charge in [-0.25, -0.2) is 4.79 Å². The van der Waals surface area contributed by atoms with Gasteiger partial charge in [-0.3, -0.25) is 14.2 Å². The molecule has 0 radical (unpaired) electrons. The Balaban J connectivity index is 2.23. The van der Waals surface area contributed by atoms with Crippen LogP contribution in [0.25, 0.3) is 0 Å². The van der Waals surface area contributed by atoms with E-state index in [1.807, 2.05) is 81.4 Å². The molecule has 10 heteroatoms. The molecule has 0 aliphatic rings. The second kappa shape index (κ2) is 19.0. The topological polar surface area (TPSA) is 117 Å². The Morgan fingerprint density at radius 3 is 2.24 bits per heavy atom. The van der Waals surface area contributed by atoms with E-state index in [1.54, 1.807) is 7.11 Å². The summed E-state index contributed by atoms with van der Waals surface area (Å²) in [6.07, 6.45) is 3.48. The number of hydrogen-bond acceptors (Lipinski definition) is 5. The lowest BCUT2D eigenvalue weighted by Crippen LogP contribution is -2.59. The van der Waals surface area contributed by atoms with Crippen LogP contribution in [-0.2, 0) is 25.3 Å². The summed E-state index contributed by atoms with van der Waals surface area (Å²) in [4.78, 5) is 41.6. The first-order chi connectivity index (χ1) is 20.2. The minimum Gasteiger partial charge on any atom is -0.383 e. The lowest BCUT2D eigenvalue weighted by Gasteiger charge is -2.43. The molecule has 0 fully saturated rings. The molecule has 2 aromatic carbocycles. The van der Waals surface area contributed by atoms with Crippen LogP contribution in [0.1, 0.15) is 64.9 Å². The first kappa shape index (κ1) is 34.9. The fourth-order valence-corrected chi connectivity index (χ4v) is 5.71. The number of methoxy groups -OCH3 is 1. The Labute approximate surface area is 252 Å². The minimum absolute atomic E-state index is 0.0723. The summed E-state index contributed by atoms with van der Waals surface area (Å²) >= 11 is 0. The van der Waals surface area contributed by atoms with Gasteiger partial charge in [-0.1, -0.05) is 62.4 Å². The van der Waals surface area contributed by atoms with Crippen LogP contribution < -0.4 is 16.0 Å². The highest BCUT2D eigenvalue weighted by molar-refractivity contribution is 7.23. The summed E-state index contributed by atoms with van der Waals surface area (Å²) in [5.74, 6) is -0.398. The van der Waals surface area contributed by atoms with Gasteiger partial charge < -0.3 is 25.6 Å². The second-order valence-corrected chi connectivity index (χ2v) is 11.6. The van der Waals surface area contributed by atoms with Crippen molar-refractivity contribution in [3.05, 3.63) is 66.2 Å². The Morgan fingerprint density at radius 2 is 1.62 bits per heavy atom. The summed E-state index contributed by atoms with van der Waals surface area (Å²) < 4.78 is 17.1. The molecule has 2 rings (SSSR count). The lowest BCUT2D eigenvalue weighted by atomic mass is 9.81. The Kier molecular flexibility index (Phi) is 15.8. The number of rotatable bonds is 19. The molecule has 2 atom stereocenters. The molecule has 3 N–H and O–H groups in total. The van der Waals surface area contributed by atoms with Crippen molar-refractivity contribution >= 4 is 32.0 Å². The van der Waals surface area contributed by atoms with Crippen LogP contribution in [-0.4, -0.2) is 60.9 Å². The standard InChI is InChI=1S/C32H47N4O5P/c1-25(2)22-32(30(38)35-28-17-9-6-10-18-28,20-11-12-21-33-31(39)34-26(3)23-41-4)36(24-42-40)29(37)19-13-16-27-14-7-5-8-15-27/h5-10,14-15,17-18,25-26H,11-13,16,19-24H2,1-4H3,(H,35,38)(H2,33,34,39)/t26-,32+/m1/s1. The van der Waals surface area contributed by atoms with Crippen LogP contribution >= 0.6 is 8.46 Å². The number of benzene rings is 2. The molecule has 0 unspecified atom stereocenters. The molecule has 2 aromatic rings. The SMILES string of the molecule is COC[C@@H](C)NC(=O)NCCCC[C@](CC(C)C)(C(=O)Nc1ccccc1)N(CP=O)C(=O)CCCc1ccccc1. The molecule has 4 amide bonds. The second-order valence-electron chi connectivity index (χ2n) is 11.1. The van der Waals surface area contributed by atoms with E-state index in [2.05, 4.69) is 16.0 Å². The zero-order chi connectivity index (χ0) is 30.8. The average Bonchev–Trinajstić information content (AvgIpc) is 2.96. The van der Waals surface area contributed by atoms with E-state index in [-0.39, 0.29) is 51.0 Å². The van der Waals surface area contributed by atoms with E-state index >= 15 is 0 Å². The number of anilines is 1. The Hall–Kier alpha value is -3.29. The molecule has 42 heavy (non-hydrogen) atoms. The van der Waals surface area contributed by atoms with Crippen LogP contribution in [0.4, 0.5) is 10.5 Å². The molecule has 0 saturated carbocycles. The van der Waals surface area contributed by atoms with E-state index in [0.29, 0.717) is 50.9 Å². The van der Waals surface area contributed by atoms with Crippen molar-refractivity contribution < 1.29 is 23.7 Å². The smallest absolute Gasteiger partial charge is 0.315 e. The van der Waals surface area contributed by atoms with Gasteiger partial charge in [0.15, 0.2) is 8.46 Å². The highest BCUT2D eigenvalue weighted by Gasteiger charge is 2.46. The summed E-state index contributed by atoms with van der Waals surface area (Å²) in [5, 5.41) is 8.69. The highest BCUT2D eigenvalue weighted by Crippen LogP contribution is 2.34. The molecular weight excluding hydrogens is 551 g/mol. The maximum absolute atomic E-state index is 14.1. The monoisotopic (exact) mass is 598 g/mol. The van der Waals surface area contributed by atoms with Crippen molar-refractivity contribution in [3.8, 4) is 0 Å². The predicted molar refractivity (Wildman–Crippen MR) is 168 cm³/mol. The highest BCUT2D eigenvalue weighted by atomic mass is 31.1. The zero-order valence-electron chi connectivity index (χ0n) is 25.4. The number of aryl methyl sites for hydroxylation is 1. The number of carbonyl (C=O) groups is 3. The average molecular weight is 599 g/mol. The number of hydrogen-bond donors (Lipinski definition) is 3. The van der Waals surface area contributed by atoms with E-state index in [9.17, 15) is 18.9 Å². The Bertz CT molecular complexity index is 1100. The largest absolute Gasteiger partial charge is 0.383 e. The summed E-state index contributed by atoms with van der Waals surface area (Å²) in [6.45, 7) is 6.72. The van der Waals surface area contributed by atoms with Gasteiger partial charge in [-0.05, 0) is 69.1 Å². The van der Waals surface area contributed by atoms with Gasteiger partial charge in [-0.15, -0.1) is 0 Å². The molecule has 230 valence electrons. The molecule has 0 aliphatic carbocycles. The van der Waals surface area contributed by atoms with Crippen LogP contribution in [0.15, 0.2) is 60.7 Å². The molecule has 0 heterocycles.